The van der Waals surface area contributed by atoms with Gasteiger partial charge in [-0.05, 0) is 54.5 Å². The van der Waals surface area contributed by atoms with Gasteiger partial charge in [0.1, 0.15) is 18.1 Å². The molecule has 3 rings (SSSR count). The molecule has 1 heterocycles. The molecule has 0 spiro atoms. The fourth-order valence-electron chi connectivity index (χ4n) is 2.55. The molecule has 126 valence electrons. The molecule has 0 aliphatic rings. The number of furan rings is 1. The van der Waals surface area contributed by atoms with Crippen molar-refractivity contribution in [2.24, 2.45) is 0 Å². The van der Waals surface area contributed by atoms with E-state index in [1.165, 1.54) is 6.08 Å². The summed E-state index contributed by atoms with van der Waals surface area (Å²) in [5.41, 5.74) is 3.60. The molecule has 4 heteroatoms. The molecule has 3 aromatic rings. The van der Waals surface area contributed by atoms with Gasteiger partial charge in [0.15, 0.2) is 0 Å². The van der Waals surface area contributed by atoms with Gasteiger partial charge in [0.05, 0.1) is 0 Å². The highest BCUT2D eigenvalue weighted by molar-refractivity contribution is 6.02. The number of rotatable bonds is 5. The topological polar surface area (TPSA) is 62.5 Å². The molecule has 0 saturated heterocycles. The lowest BCUT2D eigenvalue weighted by molar-refractivity contribution is -0.111. The SMILES string of the molecule is Cc1cc(NC(=O)/C=C/c2ccccc2)ccc1-c1ccc(CO)o1. The van der Waals surface area contributed by atoms with E-state index in [0.717, 1.165) is 22.4 Å². The number of hydrogen-bond acceptors (Lipinski definition) is 3. The smallest absolute Gasteiger partial charge is 0.248 e. The van der Waals surface area contributed by atoms with Crippen LogP contribution in [0.25, 0.3) is 17.4 Å². The van der Waals surface area contributed by atoms with E-state index in [-0.39, 0.29) is 12.5 Å². The number of nitrogens with one attached hydrogen (secondary N) is 1. The molecule has 0 aliphatic heterocycles. The fraction of sp³-hybridized carbons (Fsp3) is 0.0952. The highest BCUT2D eigenvalue weighted by Gasteiger charge is 2.08. The first-order chi connectivity index (χ1) is 12.2. The normalized spacial score (nSPS) is 11.0. The average Bonchev–Trinajstić information content (AvgIpc) is 3.10. The van der Waals surface area contributed by atoms with Gasteiger partial charge in [-0.1, -0.05) is 30.3 Å². The Hall–Kier alpha value is -3.11. The van der Waals surface area contributed by atoms with Gasteiger partial charge in [0.25, 0.3) is 0 Å². The molecule has 1 amide bonds. The molecule has 1 aromatic heterocycles. The van der Waals surface area contributed by atoms with Crippen LogP contribution in [-0.2, 0) is 11.4 Å². The summed E-state index contributed by atoms with van der Waals surface area (Å²) in [6.45, 7) is 1.83. The maximum atomic E-state index is 12.0. The zero-order valence-corrected chi connectivity index (χ0v) is 13.9. The zero-order chi connectivity index (χ0) is 17.6. The molecule has 0 atom stereocenters. The lowest BCUT2D eigenvalue weighted by Gasteiger charge is -2.07. The third-order valence-corrected chi connectivity index (χ3v) is 3.80. The molecule has 2 aromatic carbocycles. The first-order valence-electron chi connectivity index (χ1n) is 8.00. The Balaban J connectivity index is 1.70. The Kier molecular flexibility index (Phi) is 5.11. The Morgan fingerprint density at radius 3 is 2.60 bits per heavy atom. The van der Waals surface area contributed by atoms with Crippen molar-refractivity contribution in [1.82, 2.24) is 0 Å². The molecule has 0 saturated carbocycles. The zero-order valence-electron chi connectivity index (χ0n) is 13.9. The quantitative estimate of drug-likeness (QED) is 0.680. The molecule has 0 radical (unpaired) electrons. The number of carbonyl (C=O) groups excluding carboxylic acids is 1. The van der Waals surface area contributed by atoms with E-state index in [4.69, 9.17) is 9.52 Å². The molecule has 2 N–H and O–H groups in total. The Morgan fingerprint density at radius 2 is 1.92 bits per heavy atom. The van der Waals surface area contributed by atoms with Gasteiger partial charge in [0, 0.05) is 17.3 Å². The minimum absolute atomic E-state index is 0.124. The van der Waals surface area contributed by atoms with Gasteiger partial charge < -0.3 is 14.8 Å². The second-order valence-corrected chi connectivity index (χ2v) is 5.69. The van der Waals surface area contributed by atoms with Crippen LogP contribution in [0.15, 0.2) is 71.2 Å². The summed E-state index contributed by atoms with van der Waals surface area (Å²) in [7, 11) is 0. The number of benzene rings is 2. The Bertz CT molecular complexity index is 895. The van der Waals surface area contributed by atoms with Crippen molar-refractivity contribution < 1.29 is 14.3 Å². The van der Waals surface area contributed by atoms with E-state index in [2.05, 4.69) is 5.32 Å². The third-order valence-electron chi connectivity index (χ3n) is 3.80. The van der Waals surface area contributed by atoms with Crippen molar-refractivity contribution in [1.29, 1.82) is 0 Å². The van der Waals surface area contributed by atoms with Crippen molar-refractivity contribution in [2.75, 3.05) is 5.32 Å². The summed E-state index contributed by atoms with van der Waals surface area (Å²) < 4.78 is 5.56. The second kappa shape index (κ2) is 7.64. The van der Waals surface area contributed by atoms with Crippen LogP contribution in [0.3, 0.4) is 0 Å². The standard InChI is InChI=1S/C21H19NO3/c1-15-13-17(8-10-19(15)20-11-9-18(14-23)25-20)22-21(24)12-7-16-5-3-2-4-6-16/h2-13,23H,14H2,1H3,(H,22,24)/b12-7+. The van der Waals surface area contributed by atoms with Gasteiger partial charge in [-0.15, -0.1) is 0 Å². The third kappa shape index (κ3) is 4.25. The predicted octanol–water partition coefficient (Wildman–Crippen LogP) is 4.40. The van der Waals surface area contributed by atoms with Crippen LogP contribution in [0.5, 0.6) is 0 Å². The largest absolute Gasteiger partial charge is 0.459 e. The summed E-state index contributed by atoms with van der Waals surface area (Å²) >= 11 is 0. The van der Waals surface area contributed by atoms with Gasteiger partial charge >= 0.3 is 0 Å². The number of aliphatic hydroxyl groups is 1. The van der Waals surface area contributed by atoms with Crippen molar-refractivity contribution in [3.05, 3.63) is 83.6 Å². The van der Waals surface area contributed by atoms with E-state index in [9.17, 15) is 4.79 Å². The molecular weight excluding hydrogens is 314 g/mol. The second-order valence-electron chi connectivity index (χ2n) is 5.69. The van der Waals surface area contributed by atoms with Crippen LogP contribution in [0.4, 0.5) is 5.69 Å². The summed E-state index contributed by atoms with van der Waals surface area (Å²) in [5, 5.41) is 11.9. The minimum Gasteiger partial charge on any atom is -0.459 e. The van der Waals surface area contributed by atoms with E-state index in [1.54, 1.807) is 12.1 Å². The monoisotopic (exact) mass is 333 g/mol. The Morgan fingerprint density at radius 1 is 1.12 bits per heavy atom. The number of hydrogen-bond donors (Lipinski definition) is 2. The molecule has 25 heavy (non-hydrogen) atoms. The predicted molar refractivity (Wildman–Crippen MR) is 98.9 cm³/mol. The number of carbonyl (C=O) groups is 1. The molecule has 4 nitrogen and oxygen atoms in total. The van der Waals surface area contributed by atoms with Crippen LogP contribution in [0.2, 0.25) is 0 Å². The summed E-state index contributed by atoms with van der Waals surface area (Å²) in [4.78, 5) is 12.0. The number of aliphatic hydroxyl groups excluding tert-OH is 1. The fourth-order valence-corrected chi connectivity index (χ4v) is 2.55. The molecule has 0 aliphatic carbocycles. The Labute approximate surface area is 146 Å². The number of amides is 1. The maximum Gasteiger partial charge on any atom is 0.248 e. The highest BCUT2D eigenvalue weighted by Crippen LogP contribution is 2.27. The number of anilines is 1. The highest BCUT2D eigenvalue weighted by atomic mass is 16.4. The summed E-state index contributed by atoms with van der Waals surface area (Å²) in [6.07, 6.45) is 3.29. The molecule has 0 bridgehead atoms. The van der Waals surface area contributed by atoms with Crippen molar-refractivity contribution in [3.63, 3.8) is 0 Å². The van der Waals surface area contributed by atoms with Crippen molar-refractivity contribution >= 4 is 17.7 Å². The molecular formula is C21H19NO3. The van der Waals surface area contributed by atoms with Gasteiger partial charge in [-0.2, -0.15) is 0 Å². The van der Waals surface area contributed by atoms with E-state index in [1.807, 2.05) is 61.5 Å². The van der Waals surface area contributed by atoms with Crippen LogP contribution in [0.1, 0.15) is 16.9 Å². The van der Waals surface area contributed by atoms with Crippen LogP contribution in [-0.4, -0.2) is 11.0 Å². The van der Waals surface area contributed by atoms with Gasteiger partial charge in [0.2, 0.25) is 5.91 Å². The van der Waals surface area contributed by atoms with E-state index in [0.29, 0.717) is 11.5 Å². The molecule has 0 unspecified atom stereocenters. The van der Waals surface area contributed by atoms with Crippen LogP contribution in [0, 0.1) is 6.92 Å². The van der Waals surface area contributed by atoms with Gasteiger partial charge in [-0.25, -0.2) is 0 Å². The van der Waals surface area contributed by atoms with E-state index >= 15 is 0 Å². The van der Waals surface area contributed by atoms with Crippen LogP contribution >= 0.6 is 0 Å². The molecule has 0 fully saturated rings. The summed E-state index contributed by atoms with van der Waals surface area (Å²) in [5.74, 6) is 1.04. The lowest BCUT2D eigenvalue weighted by Crippen LogP contribution is -2.07. The first-order valence-corrected chi connectivity index (χ1v) is 8.00. The number of aryl methyl sites for hydroxylation is 1. The van der Waals surface area contributed by atoms with Crippen LogP contribution < -0.4 is 5.32 Å². The van der Waals surface area contributed by atoms with Crippen molar-refractivity contribution in [2.45, 2.75) is 13.5 Å². The van der Waals surface area contributed by atoms with Crippen molar-refractivity contribution in [3.8, 4) is 11.3 Å². The maximum absolute atomic E-state index is 12.0. The minimum atomic E-state index is -0.184. The van der Waals surface area contributed by atoms with Gasteiger partial charge in [-0.3, -0.25) is 4.79 Å². The first kappa shape index (κ1) is 16.7. The average molecular weight is 333 g/mol. The lowest BCUT2D eigenvalue weighted by atomic mass is 10.1. The van der Waals surface area contributed by atoms with E-state index < -0.39 is 0 Å². The summed E-state index contributed by atoms with van der Waals surface area (Å²) in [6, 6.07) is 18.9.